The maximum Gasteiger partial charge on any atom is 0.138 e. The lowest BCUT2D eigenvalue weighted by Crippen LogP contribution is -2.34. The number of nitrogens with zero attached hydrogens (tertiary/aromatic N) is 3. The molecule has 0 saturated carbocycles. The molecule has 1 aromatic heterocycles. The molecule has 3 nitrogen and oxygen atoms in total. The molecule has 2 aromatic carbocycles. The molecule has 0 bridgehead atoms. The zero-order valence-corrected chi connectivity index (χ0v) is 17.3. The highest BCUT2D eigenvalue weighted by atomic mass is 127. The van der Waals surface area contributed by atoms with Crippen LogP contribution in [0.5, 0.6) is 0 Å². The molecule has 0 atom stereocenters. The zero-order chi connectivity index (χ0) is 18.1. The Labute approximate surface area is 171 Å². The van der Waals surface area contributed by atoms with Gasteiger partial charge in [-0.25, -0.2) is 9.37 Å². The molecule has 0 amide bonds. The molecule has 2 heterocycles. The van der Waals surface area contributed by atoms with E-state index in [1.807, 2.05) is 34.7 Å². The minimum absolute atomic E-state index is 0.193. The molecule has 4 rings (SSSR count). The topological polar surface area (TPSA) is 21.1 Å². The largest absolute Gasteiger partial charge is 0.324 e. The van der Waals surface area contributed by atoms with E-state index in [1.54, 1.807) is 6.07 Å². The summed E-state index contributed by atoms with van der Waals surface area (Å²) in [5.74, 6) is 0.989. The standard InChI is InChI=1S/C20H20ClFIN3/c21-12-20-24-18-11-17(23)16(22)10-19(18)26(20)15-6-8-25(9-7-15)13-14-4-2-1-3-5-14/h1-5,10-11,15H,6-9,12-13H2. The summed E-state index contributed by atoms with van der Waals surface area (Å²) in [6, 6.07) is 14.3. The van der Waals surface area contributed by atoms with Crippen LogP contribution in [0.1, 0.15) is 30.3 Å². The first-order chi connectivity index (χ1) is 12.7. The smallest absolute Gasteiger partial charge is 0.138 e. The molecule has 26 heavy (non-hydrogen) atoms. The van der Waals surface area contributed by atoms with Crippen LogP contribution < -0.4 is 0 Å². The van der Waals surface area contributed by atoms with Crippen molar-refractivity contribution in [3.63, 3.8) is 0 Å². The van der Waals surface area contributed by atoms with Gasteiger partial charge in [-0.1, -0.05) is 30.3 Å². The molecule has 1 saturated heterocycles. The Balaban J connectivity index is 1.54. The van der Waals surface area contributed by atoms with E-state index in [0.29, 0.717) is 15.5 Å². The van der Waals surface area contributed by atoms with Gasteiger partial charge in [0, 0.05) is 31.7 Å². The minimum atomic E-state index is -0.193. The lowest BCUT2D eigenvalue weighted by atomic mass is 10.0. The summed E-state index contributed by atoms with van der Waals surface area (Å²) in [4.78, 5) is 7.12. The van der Waals surface area contributed by atoms with Crippen molar-refractivity contribution >= 4 is 45.2 Å². The van der Waals surface area contributed by atoms with E-state index in [-0.39, 0.29) is 5.82 Å². The average Bonchev–Trinajstić information content (AvgIpc) is 3.01. The molecule has 0 unspecified atom stereocenters. The first-order valence-electron chi connectivity index (χ1n) is 8.84. The van der Waals surface area contributed by atoms with Crippen molar-refractivity contribution < 1.29 is 4.39 Å². The molecule has 1 aliphatic rings. The number of imidazole rings is 1. The Morgan fingerprint density at radius 1 is 1.15 bits per heavy atom. The van der Waals surface area contributed by atoms with Crippen LogP contribution in [-0.4, -0.2) is 27.5 Å². The first kappa shape index (κ1) is 18.2. The van der Waals surface area contributed by atoms with Gasteiger partial charge in [0.15, 0.2) is 0 Å². The molecule has 6 heteroatoms. The number of hydrogen-bond acceptors (Lipinski definition) is 2. The van der Waals surface area contributed by atoms with Crippen molar-refractivity contribution in [1.29, 1.82) is 0 Å². The predicted octanol–water partition coefficient (Wildman–Crippen LogP) is 5.36. The van der Waals surface area contributed by atoms with Crippen molar-refractivity contribution in [1.82, 2.24) is 14.5 Å². The first-order valence-corrected chi connectivity index (χ1v) is 10.4. The van der Waals surface area contributed by atoms with E-state index in [4.69, 9.17) is 11.6 Å². The third-order valence-corrected chi connectivity index (χ3v) is 6.16. The summed E-state index contributed by atoms with van der Waals surface area (Å²) in [5.41, 5.74) is 3.04. The number of halogens is 3. The highest BCUT2D eigenvalue weighted by Crippen LogP contribution is 2.31. The summed E-state index contributed by atoms with van der Waals surface area (Å²) in [6.07, 6.45) is 2.05. The monoisotopic (exact) mass is 483 g/mol. The molecular formula is C20H20ClFIN3. The van der Waals surface area contributed by atoms with Crippen molar-refractivity contribution in [2.45, 2.75) is 31.3 Å². The second kappa shape index (κ2) is 7.82. The second-order valence-electron chi connectivity index (χ2n) is 6.78. The Kier molecular flexibility index (Phi) is 5.47. The van der Waals surface area contributed by atoms with Gasteiger partial charge >= 0.3 is 0 Å². The van der Waals surface area contributed by atoms with Crippen LogP contribution in [0.3, 0.4) is 0 Å². The number of fused-ring (bicyclic) bond motifs is 1. The highest BCUT2D eigenvalue weighted by molar-refractivity contribution is 14.1. The fourth-order valence-electron chi connectivity index (χ4n) is 3.82. The van der Waals surface area contributed by atoms with Gasteiger partial charge in [0.1, 0.15) is 11.6 Å². The van der Waals surface area contributed by atoms with Crippen LogP contribution in [0.2, 0.25) is 0 Å². The van der Waals surface area contributed by atoms with Crippen molar-refractivity contribution in [2.24, 2.45) is 0 Å². The third kappa shape index (κ3) is 3.62. The van der Waals surface area contributed by atoms with Gasteiger partial charge in [-0.2, -0.15) is 0 Å². The maximum atomic E-state index is 14.1. The van der Waals surface area contributed by atoms with E-state index in [9.17, 15) is 4.39 Å². The van der Waals surface area contributed by atoms with Crippen LogP contribution >= 0.6 is 34.2 Å². The van der Waals surface area contributed by atoms with Gasteiger partial charge < -0.3 is 4.57 Å². The summed E-state index contributed by atoms with van der Waals surface area (Å²) < 4.78 is 16.9. The number of rotatable bonds is 4. The summed E-state index contributed by atoms with van der Waals surface area (Å²) in [7, 11) is 0. The maximum absolute atomic E-state index is 14.1. The summed E-state index contributed by atoms with van der Waals surface area (Å²) in [6.45, 7) is 3.02. The van der Waals surface area contributed by atoms with E-state index in [0.717, 1.165) is 49.3 Å². The van der Waals surface area contributed by atoms with E-state index < -0.39 is 0 Å². The molecular weight excluding hydrogens is 464 g/mol. The van der Waals surface area contributed by atoms with E-state index in [1.165, 1.54) is 5.56 Å². The molecule has 136 valence electrons. The molecule has 0 spiro atoms. The van der Waals surface area contributed by atoms with Gasteiger partial charge in [0.2, 0.25) is 0 Å². The number of likely N-dealkylation sites (tertiary alicyclic amines) is 1. The number of hydrogen-bond donors (Lipinski definition) is 0. The van der Waals surface area contributed by atoms with Gasteiger partial charge in [-0.15, -0.1) is 11.6 Å². The third-order valence-electron chi connectivity index (χ3n) is 5.10. The molecule has 3 aromatic rings. The van der Waals surface area contributed by atoms with Gasteiger partial charge in [0.25, 0.3) is 0 Å². The molecule has 1 aliphatic heterocycles. The van der Waals surface area contributed by atoms with Crippen LogP contribution in [0.15, 0.2) is 42.5 Å². The number of benzene rings is 2. The van der Waals surface area contributed by atoms with Crippen molar-refractivity contribution in [3.8, 4) is 0 Å². The lowest BCUT2D eigenvalue weighted by molar-refractivity contribution is 0.180. The highest BCUT2D eigenvalue weighted by Gasteiger charge is 2.25. The van der Waals surface area contributed by atoms with Crippen LogP contribution in [0.25, 0.3) is 11.0 Å². The zero-order valence-electron chi connectivity index (χ0n) is 14.3. The van der Waals surface area contributed by atoms with Crippen LogP contribution in [-0.2, 0) is 12.4 Å². The fraction of sp³-hybridized carbons (Fsp3) is 0.350. The van der Waals surface area contributed by atoms with Crippen LogP contribution in [0, 0.1) is 9.39 Å². The SMILES string of the molecule is Fc1cc2c(cc1I)nc(CCl)n2C1CCN(Cc2ccccc2)CC1. The van der Waals surface area contributed by atoms with Crippen molar-refractivity contribution in [3.05, 3.63) is 63.2 Å². The molecule has 0 N–H and O–H groups in total. The van der Waals surface area contributed by atoms with E-state index in [2.05, 4.69) is 38.7 Å². The Bertz CT molecular complexity index is 904. The van der Waals surface area contributed by atoms with E-state index >= 15 is 0 Å². The van der Waals surface area contributed by atoms with Gasteiger partial charge in [0.05, 0.1) is 20.5 Å². The number of aromatic nitrogens is 2. The Morgan fingerprint density at radius 2 is 1.88 bits per heavy atom. The Morgan fingerprint density at radius 3 is 2.58 bits per heavy atom. The summed E-state index contributed by atoms with van der Waals surface area (Å²) >= 11 is 8.16. The summed E-state index contributed by atoms with van der Waals surface area (Å²) in [5, 5.41) is 0. The van der Waals surface area contributed by atoms with Gasteiger partial charge in [-0.05, 0) is 47.1 Å². The quantitative estimate of drug-likeness (QED) is 0.368. The average molecular weight is 484 g/mol. The second-order valence-corrected chi connectivity index (χ2v) is 8.21. The predicted molar refractivity (Wildman–Crippen MR) is 112 cm³/mol. The molecule has 0 aliphatic carbocycles. The lowest BCUT2D eigenvalue weighted by Gasteiger charge is -2.33. The fourth-order valence-corrected chi connectivity index (χ4v) is 4.46. The van der Waals surface area contributed by atoms with Crippen LogP contribution in [0.4, 0.5) is 4.39 Å². The van der Waals surface area contributed by atoms with Crippen molar-refractivity contribution in [2.75, 3.05) is 13.1 Å². The normalized spacial score (nSPS) is 16.4. The number of piperidine rings is 1. The molecule has 0 radical (unpaired) electrons. The number of alkyl halides is 1. The molecule has 1 fully saturated rings. The Hall–Kier alpha value is -1.18. The minimum Gasteiger partial charge on any atom is -0.324 e. The van der Waals surface area contributed by atoms with Gasteiger partial charge in [-0.3, -0.25) is 4.90 Å².